The largest absolute Gasteiger partial charge is 0.345 e. The minimum Gasteiger partial charge on any atom is -0.345 e. The summed E-state index contributed by atoms with van der Waals surface area (Å²) in [6, 6.07) is 15.7. The molecule has 6 rings (SSSR count). The third kappa shape index (κ3) is 3.03. The van der Waals surface area contributed by atoms with Crippen LogP contribution < -0.4 is 5.56 Å². The summed E-state index contributed by atoms with van der Waals surface area (Å²) in [7, 11) is 1.68. The summed E-state index contributed by atoms with van der Waals surface area (Å²) >= 11 is 0. The van der Waals surface area contributed by atoms with Crippen LogP contribution in [-0.2, 0) is 18.9 Å². The predicted molar refractivity (Wildman–Crippen MR) is 131 cm³/mol. The van der Waals surface area contributed by atoms with E-state index in [9.17, 15) is 9.59 Å². The molecule has 1 aliphatic carbocycles. The molecule has 1 N–H and O–H groups in total. The molecule has 4 aromatic rings. The third-order valence-corrected chi connectivity index (χ3v) is 8.19. The second kappa shape index (κ2) is 7.38. The minimum absolute atomic E-state index is 0.0287. The summed E-state index contributed by atoms with van der Waals surface area (Å²) in [5.41, 5.74) is 6.76. The molecule has 2 aromatic carbocycles. The second-order valence-electron chi connectivity index (χ2n) is 9.91. The number of piperidine rings is 1. The molecule has 3 heterocycles. The lowest BCUT2D eigenvalue weighted by Gasteiger charge is -2.54. The molecule has 0 saturated carbocycles. The maximum absolute atomic E-state index is 13.6. The van der Waals surface area contributed by atoms with Gasteiger partial charge in [0, 0.05) is 36.8 Å². The van der Waals surface area contributed by atoms with E-state index in [0.29, 0.717) is 11.5 Å². The second-order valence-corrected chi connectivity index (χ2v) is 9.91. The first-order chi connectivity index (χ1) is 16.3. The molecule has 1 saturated heterocycles. The number of H-pyrrole nitrogens is 1. The van der Waals surface area contributed by atoms with Crippen molar-refractivity contribution < 1.29 is 4.79 Å². The number of benzene rings is 2. The fourth-order valence-electron chi connectivity index (χ4n) is 5.92. The van der Waals surface area contributed by atoms with Crippen LogP contribution >= 0.6 is 0 Å². The highest BCUT2D eigenvalue weighted by atomic mass is 16.2. The molecule has 34 heavy (non-hydrogen) atoms. The molecular weight excluding hydrogens is 426 g/mol. The fourth-order valence-corrected chi connectivity index (χ4v) is 5.92. The smallest absolute Gasteiger partial charge is 0.266 e. The van der Waals surface area contributed by atoms with Gasteiger partial charge in [-0.15, -0.1) is 0 Å². The molecular formula is C27H27N5O2. The molecule has 0 spiro atoms. The van der Waals surface area contributed by atoms with Crippen LogP contribution in [0.3, 0.4) is 0 Å². The van der Waals surface area contributed by atoms with E-state index >= 15 is 0 Å². The molecule has 172 valence electrons. The molecule has 7 nitrogen and oxygen atoms in total. The van der Waals surface area contributed by atoms with Crippen LogP contribution in [0.4, 0.5) is 0 Å². The Morgan fingerprint density at radius 3 is 2.82 bits per heavy atom. The Hall–Kier alpha value is -3.74. The van der Waals surface area contributed by atoms with Crippen LogP contribution in [0.2, 0.25) is 0 Å². The summed E-state index contributed by atoms with van der Waals surface area (Å²) in [4.78, 5) is 34.8. The van der Waals surface area contributed by atoms with Gasteiger partial charge in [0.05, 0.1) is 23.1 Å². The standard InChI is InChI=1S/C27H27N5O2/c1-16-24-14-17-4-5-18(21-8-9-25(33)31(3)30-21)12-20(17)27(16,2)10-11-32(24)26(34)19-6-7-22-23(13-19)29-15-28-22/h4-9,12-13,15-16,24H,10-11,14H2,1-3H3,(H,28,29)/t16?,24?,27-/m1/s1. The molecule has 2 aromatic heterocycles. The molecule has 2 unspecified atom stereocenters. The Balaban J connectivity index is 1.35. The van der Waals surface area contributed by atoms with Crippen LogP contribution in [0.5, 0.6) is 0 Å². The average Bonchev–Trinajstić information content (AvgIpc) is 3.31. The molecule has 1 amide bonds. The van der Waals surface area contributed by atoms with E-state index in [4.69, 9.17) is 0 Å². The predicted octanol–water partition coefficient (Wildman–Crippen LogP) is 3.69. The van der Waals surface area contributed by atoms with Crippen LogP contribution in [-0.4, -0.2) is 43.1 Å². The van der Waals surface area contributed by atoms with E-state index in [1.54, 1.807) is 25.5 Å². The number of carbonyl (C=O) groups is 1. The van der Waals surface area contributed by atoms with E-state index in [1.807, 2.05) is 18.2 Å². The van der Waals surface area contributed by atoms with Gasteiger partial charge < -0.3 is 9.88 Å². The summed E-state index contributed by atoms with van der Waals surface area (Å²) in [5.74, 6) is 0.404. The van der Waals surface area contributed by atoms with Crippen molar-refractivity contribution in [3.8, 4) is 11.3 Å². The van der Waals surface area contributed by atoms with Gasteiger partial charge in [-0.2, -0.15) is 5.10 Å². The van der Waals surface area contributed by atoms with Crippen LogP contribution in [0, 0.1) is 5.92 Å². The van der Waals surface area contributed by atoms with Gasteiger partial charge in [0.2, 0.25) is 0 Å². The number of aryl methyl sites for hydroxylation is 1. The number of amides is 1. The first kappa shape index (κ1) is 20.8. The van der Waals surface area contributed by atoms with E-state index in [0.717, 1.165) is 41.7 Å². The maximum atomic E-state index is 13.6. The van der Waals surface area contributed by atoms with Crippen molar-refractivity contribution in [2.75, 3.05) is 6.54 Å². The minimum atomic E-state index is -0.117. The fraction of sp³-hybridized carbons (Fsp3) is 0.333. The highest BCUT2D eigenvalue weighted by Gasteiger charge is 2.49. The van der Waals surface area contributed by atoms with Crippen molar-refractivity contribution in [2.24, 2.45) is 13.0 Å². The number of rotatable bonds is 2. The number of aromatic amines is 1. The monoisotopic (exact) mass is 453 g/mol. The highest BCUT2D eigenvalue weighted by Crippen LogP contribution is 2.49. The van der Waals surface area contributed by atoms with Crippen molar-refractivity contribution in [2.45, 2.75) is 38.1 Å². The highest BCUT2D eigenvalue weighted by molar-refractivity contribution is 5.97. The molecule has 2 bridgehead atoms. The summed E-state index contributed by atoms with van der Waals surface area (Å²) in [6.07, 6.45) is 3.40. The van der Waals surface area contributed by atoms with E-state index < -0.39 is 0 Å². The van der Waals surface area contributed by atoms with Gasteiger partial charge in [-0.1, -0.05) is 26.0 Å². The Kier molecular flexibility index (Phi) is 4.52. The van der Waals surface area contributed by atoms with E-state index in [2.05, 4.69) is 52.0 Å². The van der Waals surface area contributed by atoms with Crippen molar-refractivity contribution in [3.05, 3.63) is 81.9 Å². The average molecular weight is 454 g/mol. The van der Waals surface area contributed by atoms with Crippen molar-refractivity contribution in [1.29, 1.82) is 0 Å². The number of aromatic nitrogens is 4. The molecule has 0 radical (unpaired) electrons. The number of fused-ring (bicyclic) bond motifs is 5. The SMILES string of the molecule is CC1C2Cc3ccc(-c4ccc(=O)n(C)n4)cc3[C@]1(C)CCN2C(=O)c1ccc2nc[nH]c2c1. The summed E-state index contributed by atoms with van der Waals surface area (Å²) in [5, 5.41) is 4.44. The first-order valence-corrected chi connectivity index (χ1v) is 11.8. The van der Waals surface area contributed by atoms with E-state index in [1.165, 1.54) is 15.8 Å². The van der Waals surface area contributed by atoms with Gasteiger partial charge in [0.25, 0.3) is 11.5 Å². The van der Waals surface area contributed by atoms with Gasteiger partial charge in [-0.25, -0.2) is 9.67 Å². The lowest BCUT2D eigenvalue weighted by atomic mass is 9.58. The molecule has 3 atom stereocenters. The first-order valence-electron chi connectivity index (χ1n) is 11.8. The van der Waals surface area contributed by atoms with Gasteiger partial charge in [-0.05, 0) is 65.6 Å². The molecule has 7 heteroatoms. The number of imidazole rings is 1. The number of hydrogen-bond donors (Lipinski definition) is 1. The Morgan fingerprint density at radius 2 is 2.00 bits per heavy atom. The quantitative estimate of drug-likeness (QED) is 0.502. The zero-order chi connectivity index (χ0) is 23.6. The number of likely N-dealkylation sites (tertiary alicyclic amines) is 1. The van der Waals surface area contributed by atoms with Crippen LogP contribution in [0.1, 0.15) is 41.8 Å². The van der Waals surface area contributed by atoms with Crippen molar-refractivity contribution >= 4 is 16.9 Å². The number of hydrogen-bond acceptors (Lipinski definition) is 4. The van der Waals surface area contributed by atoms with Crippen molar-refractivity contribution in [1.82, 2.24) is 24.6 Å². The molecule has 2 aliphatic rings. The van der Waals surface area contributed by atoms with Gasteiger partial charge in [0.1, 0.15) is 0 Å². The lowest BCUT2D eigenvalue weighted by molar-refractivity contribution is 0.0251. The van der Waals surface area contributed by atoms with Crippen molar-refractivity contribution in [3.63, 3.8) is 0 Å². The Bertz CT molecular complexity index is 1500. The van der Waals surface area contributed by atoms with Gasteiger partial charge in [0.15, 0.2) is 0 Å². The molecule has 1 fully saturated rings. The Labute approximate surface area is 197 Å². The zero-order valence-corrected chi connectivity index (χ0v) is 19.6. The van der Waals surface area contributed by atoms with Crippen LogP contribution in [0.15, 0.2) is 59.7 Å². The Morgan fingerprint density at radius 1 is 1.15 bits per heavy atom. The van der Waals surface area contributed by atoms with Gasteiger partial charge >= 0.3 is 0 Å². The topological polar surface area (TPSA) is 83.9 Å². The zero-order valence-electron chi connectivity index (χ0n) is 19.6. The maximum Gasteiger partial charge on any atom is 0.266 e. The summed E-state index contributed by atoms with van der Waals surface area (Å²) in [6.45, 7) is 5.34. The lowest BCUT2D eigenvalue weighted by Crippen LogP contribution is -2.59. The number of nitrogens with zero attached hydrogens (tertiary/aromatic N) is 4. The van der Waals surface area contributed by atoms with E-state index in [-0.39, 0.29) is 22.9 Å². The normalized spacial score (nSPS) is 23.7. The van der Waals surface area contributed by atoms with Gasteiger partial charge in [-0.3, -0.25) is 9.59 Å². The summed E-state index contributed by atoms with van der Waals surface area (Å²) < 4.78 is 1.37. The number of nitrogens with one attached hydrogen (secondary N) is 1. The van der Waals surface area contributed by atoms with Crippen LogP contribution in [0.25, 0.3) is 22.3 Å². The molecule has 1 aliphatic heterocycles. The third-order valence-electron chi connectivity index (χ3n) is 8.19. The number of carbonyl (C=O) groups excluding carboxylic acids is 1.